The van der Waals surface area contributed by atoms with Crippen LogP contribution in [0, 0.1) is 0 Å². The number of ether oxygens (including phenoxy) is 2. The van der Waals surface area contributed by atoms with Crippen molar-refractivity contribution in [3.05, 3.63) is 54.1 Å². The Morgan fingerprint density at radius 3 is 2.08 bits per heavy atom. The Hall–Kier alpha value is -2.49. The minimum Gasteiger partial charge on any atom is -0.495 e. The quantitative estimate of drug-likeness (QED) is 0.850. The molecule has 0 atom stereocenters. The molecule has 1 N–H and O–H groups in total. The summed E-state index contributed by atoms with van der Waals surface area (Å²) in [6, 6.07) is 15.2. The summed E-state index contributed by atoms with van der Waals surface area (Å²) in [5, 5.41) is 2.87. The van der Waals surface area contributed by atoms with E-state index in [0.717, 1.165) is 0 Å². The molecule has 0 aromatic heterocycles. The van der Waals surface area contributed by atoms with Crippen molar-refractivity contribution in [2.24, 2.45) is 0 Å². The molecule has 0 bridgehead atoms. The minimum atomic E-state index is -1.02. The van der Waals surface area contributed by atoms with Crippen LogP contribution in [0.25, 0.3) is 0 Å². The topological polar surface area (TPSA) is 47.6 Å². The molecule has 1 amide bonds. The lowest BCUT2D eigenvalue weighted by Gasteiger charge is -2.26. The highest BCUT2D eigenvalue weighted by atomic mass is 16.5. The van der Waals surface area contributed by atoms with Crippen molar-refractivity contribution >= 4 is 11.6 Å². The van der Waals surface area contributed by atoms with E-state index in [4.69, 9.17) is 9.47 Å². The number of rotatable bonds is 5. The number of benzene rings is 2. The number of carbonyl (C=O) groups excluding carboxylic acids is 1. The number of nitrogens with one attached hydrogen (secondary N) is 1. The second-order valence-corrected chi connectivity index (χ2v) is 7.54. The number of carbonyl (C=O) groups is 1. The van der Waals surface area contributed by atoms with E-state index in [-0.39, 0.29) is 11.3 Å². The van der Waals surface area contributed by atoms with Gasteiger partial charge in [0.25, 0.3) is 5.91 Å². The fourth-order valence-corrected chi connectivity index (χ4v) is 2.38. The van der Waals surface area contributed by atoms with Crippen LogP contribution < -0.4 is 14.8 Å². The lowest BCUT2D eigenvalue weighted by Crippen LogP contribution is -2.42. The van der Waals surface area contributed by atoms with Crippen molar-refractivity contribution in [3.8, 4) is 11.5 Å². The fourth-order valence-electron chi connectivity index (χ4n) is 2.38. The predicted octanol–water partition coefficient (Wildman–Crippen LogP) is 4.79. The van der Waals surface area contributed by atoms with Crippen LogP contribution in [0.1, 0.15) is 40.2 Å². The third-order valence-electron chi connectivity index (χ3n) is 4.00. The van der Waals surface area contributed by atoms with E-state index in [1.807, 2.05) is 36.4 Å². The van der Waals surface area contributed by atoms with Crippen molar-refractivity contribution in [2.45, 2.75) is 45.6 Å². The second-order valence-electron chi connectivity index (χ2n) is 7.54. The third kappa shape index (κ3) is 4.75. The first kappa shape index (κ1) is 18.8. The number of amides is 1. The molecule has 4 nitrogen and oxygen atoms in total. The molecule has 0 unspecified atom stereocenters. The van der Waals surface area contributed by atoms with Crippen LogP contribution in [0.3, 0.4) is 0 Å². The van der Waals surface area contributed by atoms with Crippen LogP contribution in [0.15, 0.2) is 48.5 Å². The third-order valence-corrected chi connectivity index (χ3v) is 4.00. The van der Waals surface area contributed by atoms with Gasteiger partial charge in [-0.2, -0.15) is 0 Å². The summed E-state index contributed by atoms with van der Waals surface area (Å²) in [6.07, 6.45) is 0. The van der Waals surface area contributed by atoms with Crippen molar-refractivity contribution in [3.63, 3.8) is 0 Å². The van der Waals surface area contributed by atoms with Gasteiger partial charge in [-0.3, -0.25) is 4.79 Å². The lowest BCUT2D eigenvalue weighted by molar-refractivity contribution is -0.128. The van der Waals surface area contributed by atoms with Gasteiger partial charge >= 0.3 is 0 Å². The highest BCUT2D eigenvalue weighted by Crippen LogP contribution is 2.28. The monoisotopic (exact) mass is 341 g/mol. The molecule has 0 radical (unpaired) electrons. The maximum Gasteiger partial charge on any atom is 0.268 e. The molecular weight excluding hydrogens is 314 g/mol. The van der Waals surface area contributed by atoms with E-state index in [2.05, 4.69) is 26.1 Å². The van der Waals surface area contributed by atoms with Crippen molar-refractivity contribution in [1.82, 2.24) is 0 Å². The van der Waals surface area contributed by atoms with Gasteiger partial charge in [-0.1, -0.05) is 45.0 Å². The number of methoxy groups -OCH3 is 1. The van der Waals surface area contributed by atoms with Gasteiger partial charge in [-0.15, -0.1) is 0 Å². The molecule has 0 aliphatic carbocycles. The zero-order valence-corrected chi connectivity index (χ0v) is 15.8. The maximum absolute atomic E-state index is 12.6. The molecule has 2 rings (SSSR count). The van der Waals surface area contributed by atoms with E-state index in [1.165, 1.54) is 5.56 Å². The summed E-state index contributed by atoms with van der Waals surface area (Å²) in [5.41, 5.74) is 0.894. The predicted molar refractivity (Wildman–Crippen MR) is 101 cm³/mol. The normalized spacial score (nSPS) is 11.8. The molecule has 25 heavy (non-hydrogen) atoms. The number of anilines is 1. The van der Waals surface area contributed by atoms with E-state index < -0.39 is 5.60 Å². The Kier molecular flexibility index (Phi) is 5.41. The first-order valence-electron chi connectivity index (χ1n) is 8.37. The number of para-hydroxylation sites is 2. The van der Waals surface area contributed by atoms with Crippen LogP contribution in [0.5, 0.6) is 11.5 Å². The van der Waals surface area contributed by atoms with Gasteiger partial charge in [0.1, 0.15) is 11.5 Å². The average Bonchev–Trinajstić information content (AvgIpc) is 2.54. The van der Waals surface area contributed by atoms with E-state index in [9.17, 15) is 4.79 Å². The molecule has 134 valence electrons. The largest absolute Gasteiger partial charge is 0.495 e. The molecule has 0 heterocycles. The van der Waals surface area contributed by atoms with Crippen LogP contribution in [-0.2, 0) is 10.2 Å². The van der Waals surface area contributed by atoms with Gasteiger partial charge in [-0.25, -0.2) is 0 Å². The summed E-state index contributed by atoms with van der Waals surface area (Å²) in [4.78, 5) is 12.6. The molecular formula is C21H27NO3. The molecule has 0 aliphatic rings. The summed E-state index contributed by atoms with van der Waals surface area (Å²) in [7, 11) is 1.57. The van der Waals surface area contributed by atoms with E-state index in [0.29, 0.717) is 17.2 Å². The summed E-state index contributed by atoms with van der Waals surface area (Å²) in [6.45, 7) is 9.97. The second kappa shape index (κ2) is 7.18. The molecule has 0 aliphatic heterocycles. The van der Waals surface area contributed by atoms with Gasteiger partial charge in [0.05, 0.1) is 12.8 Å². The van der Waals surface area contributed by atoms with E-state index in [1.54, 1.807) is 33.1 Å². The number of hydrogen-bond donors (Lipinski definition) is 1. The first-order chi connectivity index (χ1) is 11.6. The lowest BCUT2D eigenvalue weighted by atomic mass is 9.87. The Balaban J connectivity index is 2.11. The van der Waals surface area contributed by atoms with Gasteiger partial charge in [0.2, 0.25) is 0 Å². The molecule has 0 saturated carbocycles. The Labute approximate surface area is 150 Å². The zero-order valence-electron chi connectivity index (χ0n) is 15.8. The van der Waals surface area contributed by atoms with Crippen molar-refractivity contribution < 1.29 is 14.3 Å². The van der Waals surface area contributed by atoms with E-state index >= 15 is 0 Å². The van der Waals surface area contributed by atoms with Crippen LogP contribution in [0.2, 0.25) is 0 Å². The van der Waals surface area contributed by atoms with Crippen LogP contribution in [0.4, 0.5) is 5.69 Å². The summed E-state index contributed by atoms with van der Waals surface area (Å²) >= 11 is 0. The van der Waals surface area contributed by atoms with Crippen molar-refractivity contribution in [1.29, 1.82) is 0 Å². The Bertz CT molecular complexity index is 728. The summed E-state index contributed by atoms with van der Waals surface area (Å²) < 4.78 is 11.2. The average molecular weight is 341 g/mol. The maximum atomic E-state index is 12.6. The summed E-state index contributed by atoms with van der Waals surface area (Å²) in [5.74, 6) is 1.03. The van der Waals surface area contributed by atoms with Gasteiger partial charge < -0.3 is 14.8 Å². The van der Waals surface area contributed by atoms with Crippen LogP contribution >= 0.6 is 0 Å². The first-order valence-corrected chi connectivity index (χ1v) is 8.37. The Morgan fingerprint density at radius 2 is 1.52 bits per heavy atom. The molecule has 2 aromatic rings. The highest BCUT2D eigenvalue weighted by molar-refractivity contribution is 5.98. The molecule has 0 spiro atoms. The molecule has 2 aromatic carbocycles. The van der Waals surface area contributed by atoms with Crippen LogP contribution in [-0.4, -0.2) is 18.6 Å². The standard InChI is InChI=1S/C21H27NO3/c1-20(2,3)15-11-13-16(14-12-15)25-21(4,5)19(23)22-17-9-7-8-10-18(17)24-6/h7-14H,1-6H3,(H,22,23). The van der Waals surface area contributed by atoms with Gasteiger partial charge in [0.15, 0.2) is 5.60 Å². The number of hydrogen-bond acceptors (Lipinski definition) is 3. The highest BCUT2D eigenvalue weighted by Gasteiger charge is 2.30. The fraction of sp³-hybridized carbons (Fsp3) is 0.381. The molecule has 0 saturated heterocycles. The van der Waals surface area contributed by atoms with Gasteiger partial charge in [0, 0.05) is 0 Å². The minimum absolute atomic E-state index is 0.0787. The van der Waals surface area contributed by atoms with Crippen molar-refractivity contribution in [2.75, 3.05) is 12.4 Å². The zero-order chi connectivity index (χ0) is 18.7. The molecule has 4 heteroatoms. The molecule has 0 fully saturated rings. The Morgan fingerprint density at radius 1 is 0.920 bits per heavy atom. The smallest absolute Gasteiger partial charge is 0.268 e. The van der Waals surface area contributed by atoms with Gasteiger partial charge in [-0.05, 0) is 49.1 Å². The SMILES string of the molecule is COc1ccccc1NC(=O)C(C)(C)Oc1ccc(C(C)(C)C)cc1.